The first-order valence-electron chi connectivity index (χ1n) is 5.29. The maximum Gasteiger partial charge on any atom is 0.126 e. The molecular weight excluding hydrogens is 188 g/mol. The number of ether oxygens (including phenoxy) is 1. The second kappa shape index (κ2) is 4.53. The lowest BCUT2D eigenvalue weighted by atomic mass is 10.2. The topological polar surface area (TPSA) is 15.7 Å². The van der Waals surface area contributed by atoms with Crippen LogP contribution >= 0.6 is 0 Å². The van der Waals surface area contributed by atoms with E-state index in [1.54, 1.807) is 7.11 Å². The summed E-state index contributed by atoms with van der Waals surface area (Å²) in [5.74, 6) is 0.799. The Kier molecular flexibility index (Phi) is 3.11. The molecule has 0 atom stereocenters. The largest absolute Gasteiger partial charge is 0.496 e. The summed E-state index contributed by atoms with van der Waals surface area (Å²) in [5.41, 5.74) is 1.24. The lowest BCUT2D eigenvalue weighted by molar-refractivity contribution is 0.313. The van der Waals surface area contributed by atoms with Gasteiger partial charge in [-0.15, -0.1) is 0 Å². The number of benzene rings is 1. The predicted molar refractivity (Wildman–Crippen MR) is 61.5 cm³/mol. The number of rotatable bonds is 2. The average Bonchev–Trinajstić information content (AvgIpc) is 2.30. The van der Waals surface area contributed by atoms with Gasteiger partial charge < -0.3 is 14.5 Å². The van der Waals surface area contributed by atoms with Crippen molar-refractivity contribution in [1.82, 2.24) is 4.90 Å². The number of methoxy groups -OCH3 is 1. The lowest BCUT2D eigenvalue weighted by Gasteiger charge is -2.34. The van der Waals surface area contributed by atoms with Crippen LogP contribution in [0, 0.1) is 6.07 Å². The molecule has 1 fully saturated rings. The maximum absolute atomic E-state index is 5.09. The number of nitrogens with zero attached hydrogens (tertiary/aromatic N) is 2. The highest BCUT2D eigenvalue weighted by Crippen LogP contribution is 2.19. The van der Waals surface area contributed by atoms with E-state index in [2.05, 4.69) is 29.0 Å². The number of likely N-dealkylation sites (N-methyl/N-ethyl adjacent to an activating group) is 1. The van der Waals surface area contributed by atoms with Crippen molar-refractivity contribution in [2.75, 3.05) is 45.2 Å². The van der Waals surface area contributed by atoms with Crippen LogP contribution in [0.5, 0.6) is 5.75 Å². The smallest absolute Gasteiger partial charge is 0.126 e. The molecule has 0 aromatic heterocycles. The zero-order valence-electron chi connectivity index (χ0n) is 9.36. The predicted octanol–water partition coefficient (Wildman–Crippen LogP) is 1.25. The minimum atomic E-state index is 0.799. The van der Waals surface area contributed by atoms with Crippen LogP contribution in [0.2, 0.25) is 0 Å². The van der Waals surface area contributed by atoms with Gasteiger partial charge in [0, 0.05) is 37.9 Å². The van der Waals surface area contributed by atoms with Crippen molar-refractivity contribution in [3.05, 3.63) is 24.3 Å². The van der Waals surface area contributed by atoms with E-state index >= 15 is 0 Å². The molecule has 1 saturated heterocycles. The molecule has 0 amide bonds. The Hall–Kier alpha value is -1.22. The van der Waals surface area contributed by atoms with Gasteiger partial charge in [0.25, 0.3) is 0 Å². The highest BCUT2D eigenvalue weighted by Gasteiger charge is 2.13. The van der Waals surface area contributed by atoms with Gasteiger partial charge in [-0.3, -0.25) is 0 Å². The van der Waals surface area contributed by atoms with Gasteiger partial charge in [0.1, 0.15) is 5.75 Å². The molecule has 1 radical (unpaired) electrons. The van der Waals surface area contributed by atoms with Gasteiger partial charge in [-0.2, -0.15) is 0 Å². The van der Waals surface area contributed by atoms with Crippen molar-refractivity contribution < 1.29 is 4.74 Å². The minimum Gasteiger partial charge on any atom is -0.496 e. The molecule has 3 heteroatoms. The second-order valence-electron chi connectivity index (χ2n) is 3.91. The Balaban J connectivity index is 2.03. The first kappa shape index (κ1) is 10.3. The minimum absolute atomic E-state index is 0.799. The molecule has 2 rings (SSSR count). The Morgan fingerprint density at radius 1 is 1.20 bits per heavy atom. The van der Waals surface area contributed by atoms with Crippen molar-refractivity contribution in [3.8, 4) is 5.75 Å². The summed E-state index contributed by atoms with van der Waals surface area (Å²) >= 11 is 0. The Morgan fingerprint density at radius 3 is 2.47 bits per heavy atom. The van der Waals surface area contributed by atoms with Crippen molar-refractivity contribution >= 4 is 5.69 Å². The van der Waals surface area contributed by atoms with E-state index in [1.165, 1.54) is 5.69 Å². The molecule has 0 unspecified atom stereocenters. The third kappa shape index (κ3) is 2.42. The standard InChI is InChI=1S/C12H17N2O/c1-13-7-9-14(10-8-13)11-3-5-12(15-2)6-4-11/h3-5H,7-10H2,1-2H3. The van der Waals surface area contributed by atoms with E-state index < -0.39 is 0 Å². The van der Waals surface area contributed by atoms with Crippen LogP contribution in [0.15, 0.2) is 18.2 Å². The molecule has 1 heterocycles. The monoisotopic (exact) mass is 205 g/mol. The van der Waals surface area contributed by atoms with Crippen LogP contribution < -0.4 is 9.64 Å². The second-order valence-corrected chi connectivity index (χ2v) is 3.91. The highest BCUT2D eigenvalue weighted by molar-refractivity contribution is 5.48. The van der Waals surface area contributed by atoms with E-state index in [1.807, 2.05) is 12.1 Å². The molecule has 0 N–H and O–H groups in total. The zero-order chi connectivity index (χ0) is 10.7. The molecule has 0 spiro atoms. The molecule has 1 aliphatic rings. The van der Waals surface area contributed by atoms with Gasteiger partial charge >= 0.3 is 0 Å². The summed E-state index contributed by atoms with van der Waals surface area (Å²) < 4.78 is 5.09. The first-order chi connectivity index (χ1) is 7.29. The summed E-state index contributed by atoms with van der Waals surface area (Å²) in [6, 6.07) is 9.19. The van der Waals surface area contributed by atoms with Crippen LogP contribution in [0.3, 0.4) is 0 Å². The van der Waals surface area contributed by atoms with Gasteiger partial charge in [-0.1, -0.05) is 0 Å². The van der Waals surface area contributed by atoms with Gasteiger partial charge in [-0.25, -0.2) is 0 Å². The van der Waals surface area contributed by atoms with E-state index in [0.717, 1.165) is 31.9 Å². The van der Waals surface area contributed by atoms with Crippen molar-refractivity contribution in [2.24, 2.45) is 0 Å². The van der Waals surface area contributed by atoms with E-state index in [0.29, 0.717) is 0 Å². The Morgan fingerprint density at radius 2 is 1.93 bits per heavy atom. The van der Waals surface area contributed by atoms with E-state index in [-0.39, 0.29) is 0 Å². The number of anilines is 1. The Labute approximate surface area is 91.2 Å². The molecule has 0 saturated carbocycles. The van der Waals surface area contributed by atoms with Gasteiger partial charge in [-0.05, 0) is 25.2 Å². The molecular formula is C12H17N2O. The third-order valence-electron chi connectivity index (χ3n) is 2.86. The average molecular weight is 205 g/mol. The quantitative estimate of drug-likeness (QED) is 0.722. The van der Waals surface area contributed by atoms with Gasteiger partial charge in [0.15, 0.2) is 0 Å². The third-order valence-corrected chi connectivity index (χ3v) is 2.86. The number of piperazine rings is 1. The summed E-state index contributed by atoms with van der Waals surface area (Å²) in [5, 5.41) is 0. The van der Waals surface area contributed by atoms with Crippen LogP contribution in [-0.2, 0) is 0 Å². The molecule has 0 bridgehead atoms. The summed E-state index contributed by atoms with van der Waals surface area (Å²) in [6.45, 7) is 4.45. The summed E-state index contributed by atoms with van der Waals surface area (Å²) in [7, 11) is 3.83. The normalized spacial score (nSPS) is 17.9. The highest BCUT2D eigenvalue weighted by atomic mass is 16.5. The fourth-order valence-electron chi connectivity index (χ4n) is 1.79. The lowest BCUT2D eigenvalue weighted by Crippen LogP contribution is -2.44. The van der Waals surface area contributed by atoms with Gasteiger partial charge in [0.2, 0.25) is 0 Å². The van der Waals surface area contributed by atoms with E-state index in [4.69, 9.17) is 4.74 Å². The molecule has 1 aromatic rings. The SMILES string of the molecule is COc1[c]cc(N2CCN(C)CC2)cc1. The fraction of sp³-hybridized carbons (Fsp3) is 0.500. The summed E-state index contributed by atoms with van der Waals surface area (Å²) in [6.07, 6.45) is 0. The Bertz CT molecular complexity index is 302. The molecule has 0 aliphatic carbocycles. The van der Waals surface area contributed by atoms with Crippen LogP contribution in [-0.4, -0.2) is 45.2 Å². The van der Waals surface area contributed by atoms with Gasteiger partial charge in [0.05, 0.1) is 7.11 Å². The number of hydrogen-bond acceptors (Lipinski definition) is 3. The molecule has 1 aliphatic heterocycles. The molecule has 15 heavy (non-hydrogen) atoms. The molecule has 1 aromatic carbocycles. The van der Waals surface area contributed by atoms with Crippen molar-refractivity contribution in [2.45, 2.75) is 0 Å². The maximum atomic E-state index is 5.09. The zero-order valence-corrected chi connectivity index (χ0v) is 9.36. The van der Waals surface area contributed by atoms with Crippen molar-refractivity contribution in [1.29, 1.82) is 0 Å². The van der Waals surface area contributed by atoms with Crippen molar-refractivity contribution in [3.63, 3.8) is 0 Å². The first-order valence-corrected chi connectivity index (χ1v) is 5.29. The van der Waals surface area contributed by atoms with Crippen LogP contribution in [0.4, 0.5) is 5.69 Å². The van der Waals surface area contributed by atoms with E-state index in [9.17, 15) is 0 Å². The number of hydrogen-bond donors (Lipinski definition) is 0. The summed E-state index contributed by atoms with van der Waals surface area (Å²) in [4.78, 5) is 4.74. The fourth-order valence-corrected chi connectivity index (χ4v) is 1.79. The molecule has 81 valence electrons. The van der Waals surface area contributed by atoms with Crippen LogP contribution in [0.1, 0.15) is 0 Å². The molecule has 3 nitrogen and oxygen atoms in total. The van der Waals surface area contributed by atoms with Crippen LogP contribution in [0.25, 0.3) is 0 Å².